The standard InChI is InChI=1S/C29H35FIN5O3/c30-24-13-11-22(12-14-24)16-32-29(39)36-26-18-33(17-23-9-5-2-6-10-23)28(38)25(15-21-7-3-1-4-8-21)35(26)27(37)19-34(36)20-31/h1,3-4,7-8,11-14,23,25-26H,2,5-6,9-10,15-20H2,(H,32,39)/t25-,26-/m0/s1. The van der Waals surface area contributed by atoms with E-state index in [1.54, 1.807) is 27.1 Å². The summed E-state index contributed by atoms with van der Waals surface area (Å²) in [5.41, 5.74) is 1.75. The first-order valence-corrected chi connectivity index (χ1v) is 15.2. The number of nitrogens with zero attached hydrogens (tertiary/aromatic N) is 4. The molecule has 208 valence electrons. The van der Waals surface area contributed by atoms with E-state index in [0.717, 1.165) is 24.0 Å². The lowest BCUT2D eigenvalue weighted by molar-refractivity contribution is -0.188. The van der Waals surface area contributed by atoms with E-state index in [2.05, 4.69) is 27.9 Å². The van der Waals surface area contributed by atoms with Crippen LogP contribution >= 0.6 is 22.6 Å². The number of hydrogen-bond donors (Lipinski definition) is 1. The molecule has 10 heteroatoms. The SMILES string of the molecule is O=C1[C@H](Cc2ccccc2)N2C(=O)CN(CI)N(C(=O)NCc3ccc(F)cc3)[C@H]2CN1CC1CCCCC1. The Kier molecular flexibility index (Phi) is 9.01. The van der Waals surface area contributed by atoms with E-state index >= 15 is 0 Å². The Morgan fingerprint density at radius 1 is 0.974 bits per heavy atom. The molecule has 5 rings (SSSR count). The van der Waals surface area contributed by atoms with E-state index in [1.165, 1.54) is 31.4 Å². The van der Waals surface area contributed by atoms with Crippen LogP contribution in [0.3, 0.4) is 0 Å². The Bertz CT molecular complexity index is 1160. The Balaban J connectivity index is 1.43. The van der Waals surface area contributed by atoms with Crippen molar-refractivity contribution < 1.29 is 18.8 Å². The fourth-order valence-electron chi connectivity index (χ4n) is 6.04. The van der Waals surface area contributed by atoms with Crippen molar-refractivity contribution in [3.05, 3.63) is 71.5 Å². The van der Waals surface area contributed by atoms with Crippen molar-refractivity contribution in [2.45, 2.75) is 57.3 Å². The lowest BCUT2D eigenvalue weighted by Crippen LogP contribution is -2.76. The summed E-state index contributed by atoms with van der Waals surface area (Å²) < 4.78 is 13.8. The zero-order valence-electron chi connectivity index (χ0n) is 22.0. The third kappa shape index (κ3) is 6.37. The van der Waals surface area contributed by atoms with Gasteiger partial charge in [0.15, 0.2) is 0 Å². The van der Waals surface area contributed by atoms with Crippen LogP contribution in [0, 0.1) is 11.7 Å². The summed E-state index contributed by atoms with van der Waals surface area (Å²) in [5, 5.41) is 6.32. The van der Waals surface area contributed by atoms with E-state index in [1.807, 2.05) is 35.2 Å². The first-order chi connectivity index (χ1) is 18.9. The molecule has 0 unspecified atom stereocenters. The highest BCUT2D eigenvalue weighted by molar-refractivity contribution is 14.1. The normalized spacial score (nSPS) is 22.7. The predicted molar refractivity (Wildman–Crippen MR) is 154 cm³/mol. The van der Waals surface area contributed by atoms with Crippen molar-refractivity contribution in [1.29, 1.82) is 0 Å². The fraction of sp³-hybridized carbons (Fsp3) is 0.483. The first kappa shape index (κ1) is 27.8. The molecule has 8 nitrogen and oxygen atoms in total. The summed E-state index contributed by atoms with van der Waals surface area (Å²) in [7, 11) is 0. The van der Waals surface area contributed by atoms with Gasteiger partial charge in [0.05, 0.1) is 17.6 Å². The second-order valence-electron chi connectivity index (χ2n) is 10.6. The van der Waals surface area contributed by atoms with Gasteiger partial charge in [-0.1, -0.05) is 84.3 Å². The Morgan fingerprint density at radius 3 is 2.38 bits per heavy atom. The molecular formula is C29H35FIN5O3. The predicted octanol–water partition coefficient (Wildman–Crippen LogP) is 4.15. The van der Waals surface area contributed by atoms with Crippen LogP contribution in [0.2, 0.25) is 0 Å². The maximum Gasteiger partial charge on any atom is 0.334 e. The Morgan fingerprint density at radius 2 is 1.69 bits per heavy atom. The van der Waals surface area contributed by atoms with Crippen molar-refractivity contribution in [2.75, 3.05) is 24.2 Å². The quantitative estimate of drug-likeness (QED) is 0.279. The molecule has 0 bridgehead atoms. The third-order valence-corrected chi connectivity index (χ3v) is 8.80. The minimum absolute atomic E-state index is 0.0185. The smallest absolute Gasteiger partial charge is 0.334 e. The van der Waals surface area contributed by atoms with Crippen LogP contribution in [-0.4, -0.2) is 74.1 Å². The van der Waals surface area contributed by atoms with Gasteiger partial charge in [-0.3, -0.25) is 9.59 Å². The summed E-state index contributed by atoms with van der Waals surface area (Å²) in [4.78, 5) is 44.7. The molecule has 2 aromatic carbocycles. The van der Waals surface area contributed by atoms with Crippen molar-refractivity contribution in [3.63, 3.8) is 0 Å². The Hall–Kier alpha value is -2.73. The second kappa shape index (κ2) is 12.6. The molecule has 2 atom stereocenters. The monoisotopic (exact) mass is 647 g/mol. The minimum atomic E-state index is -0.675. The highest BCUT2D eigenvalue weighted by Crippen LogP contribution is 2.31. The molecule has 1 aliphatic carbocycles. The van der Waals surface area contributed by atoms with Crippen LogP contribution in [0.25, 0.3) is 0 Å². The molecule has 3 fully saturated rings. The largest absolute Gasteiger partial charge is 0.337 e. The highest BCUT2D eigenvalue weighted by atomic mass is 127. The lowest BCUT2D eigenvalue weighted by Gasteiger charge is -2.55. The van der Waals surface area contributed by atoms with Crippen LogP contribution in [-0.2, 0) is 22.6 Å². The van der Waals surface area contributed by atoms with Gasteiger partial charge in [0, 0.05) is 19.5 Å². The summed E-state index contributed by atoms with van der Waals surface area (Å²) in [6, 6.07) is 14.7. The van der Waals surface area contributed by atoms with E-state index in [-0.39, 0.29) is 43.3 Å². The van der Waals surface area contributed by atoms with Gasteiger partial charge in [0.2, 0.25) is 11.8 Å². The van der Waals surface area contributed by atoms with Gasteiger partial charge < -0.3 is 15.1 Å². The topological polar surface area (TPSA) is 76.2 Å². The number of urea groups is 1. The average molecular weight is 648 g/mol. The van der Waals surface area contributed by atoms with Gasteiger partial charge in [-0.25, -0.2) is 14.2 Å². The number of hydrogen-bond acceptors (Lipinski definition) is 4. The lowest BCUT2D eigenvalue weighted by atomic mass is 9.88. The molecule has 4 amide bonds. The van der Waals surface area contributed by atoms with Gasteiger partial charge >= 0.3 is 6.03 Å². The fourth-order valence-corrected chi connectivity index (χ4v) is 6.61. The molecule has 0 radical (unpaired) electrons. The number of benzene rings is 2. The van der Waals surface area contributed by atoms with Gasteiger partial charge in [0.1, 0.15) is 18.0 Å². The number of nitrogens with one attached hydrogen (secondary N) is 1. The number of carbonyl (C=O) groups excluding carboxylic acids is 3. The van der Waals surface area contributed by atoms with Crippen molar-refractivity contribution in [3.8, 4) is 0 Å². The number of hydrazine groups is 1. The van der Waals surface area contributed by atoms with Gasteiger partial charge in [-0.2, -0.15) is 5.01 Å². The maximum absolute atomic E-state index is 13.9. The molecular weight excluding hydrogens is 612 g/mol. The summed E-state index contributed by atoms with van der Waals surface area (Å²) in [6.07, 6.45) is 5.58. The Labute approximate surface area is 242 Å². The number of carbonyl (C=O) groups is 3. The zero-order valence-corrected chi connectivity index (χ0v) is 24.1. The molecule has 39 heavy (non-hydrogen) atoms. The zero-order chi connectivity index (χ0) is 27.4. The molecule has 2 heterocycles. The molecule has 0 aromatic heterocycles. The summed E-state index contributed by atoms with van der Waals surface area (Å²) >= 11 is 2.16. The maximum atomic E-state index is 13.9. The van der Waals surface area contributed by atoms with Crippen molar-refractivity contribution in [2.24, 2.45) is 5.92 Å². The van der Waals surface area contributed by atoms with Crippen molar-refractivity contribution >= 4 is 40.4 Å². The molecule has 1 saturated carbocycles. The minimum Gasteiger partial charge on any atom is -0.337 e. The van der Waals surface area contributed by atoms with Gasteiger partial charge in [-0.15, -0.1) is 0 Å². The molecule has 1 N–H and O–H groups in total. The van der Waals surface area contributed by atoms with Crippen LogP contribution in [0.1, 0.15) is 43.2 Å². The summed E-state index contributed by atoms with van der Waals surface area (Å²) in [5.74, 6) is -0.0810. The highest BCUT2D eigenvalue weighted by Gasteiger charge is 2.51. The van der Waals surface area contributed by atoms with Crippen LogP contribution in [0.4, 0.5) is 9.18 Å². The van der Waals surface area contributed by atoms with Gasteiger partial charge in [-0.05, 0) is 42.0 Å². The van der Waals surface area contributed by atoms with Crippen LogP contribution < -0.4 is 5.32 Å². The van der Waals surface area contributed by atoms with Crippen molar-refractivity contribution in [1.82, 2.24) is 25.1 Å². The van der Waals surface area contributed by atoms with E-state index < -0.39 is 12.2 Å². The number of piperazine rings is 1. The number of fused-ring (bicyclic) bond motifs is 1. The third-order valence-electron chi connectivity index (χ3n) is 8.01. The van der Waals surface area contributed by atoms with E-state index in [4.69, 9.17) is 0 Å². The van der Waals surface area contributed by atoms with E-state index in [9.17, 15) is 18.8 Å². The number of alkyl halides is 1. The van der Waals surface area contributed by atoms with Gasteiger partial charge in [0.25, 0.3) is 0 Å². The molecule has 2 saturated heterocycles. The number of halogens is 2. The number of rotatable bonds is 7. The number of amides is 4. The molecule has 0 spiro atoms. The first-order valence-electron chi connectivity index (χ1n) is 13.7. The van der Waals surface area contributed by atoms with Crippen LogP contribution in [0.15, 0.2) is 54.6 Å². The molecule has 2 aromatic rings. The summed E-state index contributed by atoms with van der Waals surface area (Å²) in [6.45, 7) is 1.18. The molecule has 2 aliphatic heterocycles. The van der Waals surface area contributed by atoms with E-state index in [0.29, 0.717) is 23.4 Å². The van der Waals surface area contributed by atoms with Crippen LogP contribution in [0.5, 0.6) is 0 Å². The average Bonchev–Trinajstić information content (AvgIpc) is 2.95. The second-order valence-corrected chi connectivity index (χ2v) is 11.3. The molecule has 3 aliphatic rings.